The summed E-state index contributed by atoms with van der Waals surface area (Å²) in [5.74, 6) is -0.00609. The zero-order chi connectivity index (χ0) is 18.2. The molecule has 1 atom stereocenters. The monoisotopic (exact) mass is 338 g/mol. The summed E-state index contributed by atoms with van der Waals surface area (Å²) in [7, 11) is 0. The summed E-state index contributed by atoms with van der Waals surface area (Å²) in [5.41, 5.74) is 1.49. The van der Waals surface area contributed by atoms with Gasteiger partial charge in [0.1, 0.15) is 11.8 Å². The predicted molar refractivity (Wildman–Crippen MR) is 92.9 cm³/mol. The van der Waals surface area contributed by atoms with E-state index in [-0.39, 0.29) is 35.8 Å². The zero-order valence-electron chi connectivity index (χ0n) is 13.6. The van der Waals surface area contributed by atoms with Crippen LogP contribution >= 0.6 is 0 Å². The van der Waals surface area contributed by atoms with Crippen LogP contribution in [-0.4, -0.2) is 22.7 Å². The summed E-state index contributed by atoms with van der Waals surface area (Å²) >= 11 is 0. The normalized spacial score (nSPS) is 11.7. The van der Waals surface area contributed by atoms with Crippen LogP contribution in [0.2, 0.25) is 0 Å². The van der Waals surface area contributed by atoms with Gasteiger partial charge in [-0.3, -0.25) is 4.79 Å². The van der Waals surface area contributed by atoms with Crippen LogP contribution in [0.4, 0.5) is 0 Å². The SMILES string of the molecule is CC(NC(=O)/C=C/c1ccc(OCC#N)c(O)c1)c1ccc(O)cc1. The Morgan fingerprint density at radius 1 is 1.28 bits per heavy atom. The van der Waals surface area contributed by atoms with Gasteiger partial charge in [0.25, 0.3) is 0 Å². The molecule has 0 saturated carbocycles. The van der Waals surface area contributed by atoms with E-state index in [9.17, 15) is 15.0 Å². The van der Waals surface area contributed by atoms with Crippen LogP contribution < -0.4 is 10.1 Å². The van der Waals surface area contributed by atoms with Gasteiger partial charge in [0.2, 0.25) is 5.91 Å². The summed E-state index contributed by atoms with van der Waals surface area (Å²) in [4.78, 5) is 12.0. The summed E-state index contributed by atoms with van der Waals surface area (Å²) in [6.45, 7) is 1.69. The highest BCUT2D eigenvalue weighted by molar-refractivity contribution is 5.92. The lowest BCUT2D eigenvalue weighted by atomic mass is 10.1. The number of amides is 1. The van der Waals surface area contributed by atoms with Gasteiger partial charge in [-0.1, -0.05) is 18.2 Å². The van der Waals surface area contributed by atoms with Crippen LogP contribution in [0.1, 0.15) is 24.1 Å². The maximum absolute atomic E-state index is 12.0. The highest BCUT2D eigenvalue weighted by Crippen LogP contribution is 2.27. The van der Waals surface area contributed by atoms with Crippen molar-refractivity contribution < 1.29 is 19.7 Å². The van der Waals surface area contributed by atoms with Crippen molar-refractivity contribution in [2.75, 3.05) is 6.61 Å². The Labute approximate surface area is 145 Å². The second-order valence-electron chi connectivity index (χ2n) is 5.33. The number of hydrogen-bond donors (Lipinski definition) is 3. The lowest BCUT2D eigenvalue weighted by Gasteiger charge is -2.12. The molecule has 0 heterocycles. The van der Waals surface area contributed by atoms with E-state index < -0.39 is 0 Å². The van der Waals surface area contributed by atoms with Gasteiger partial charge in [0.15, 0.2) is 18.1 Å². The molecule has 0 aliphatic rings. The van der Waals surface area contributed by atoms with Gasteiger partial charge in [0.05, 0.1) is 6.04 Å². The Kier molecular flexibility index (Phi) is 6.02. The first-order valence-electron chi connectivity index (χ1n) is 7.60. The molecule has 25 heavy (non-hydrogen) atoms. The topological polar surface area (TPSA) is 103 Å². The predicted octanol–water partition coefficient (Wildman–Crippen LogP) is 2.89. The number of benzene rings is 2. The van der Waals surface area contributed by atoms with E-state index in [2.05, 4.69) is 5.32 Å². The summed E-state index contributed by atoms with van der Waals surface area (Å²) in [5, 5.41) is 30.4. The van der Waals surface area contributed by atoms with Crippen molar-refractivity contribution in [2.24, 2.45) is 0 Å². The first-order valence-corrected chi connectivity index (χ1v) is 7.60. The second kappa shape index (κ2) is 8.41. The van der Waals surface area contributed by atoms with E-state index in [1.54, 1.807) is 36.4 Å². The molecule has 6 nitrogen and oxygen atoms in total. The van der Waals surface area contributed by atoms with E-state index in [0.717, 1.165) is 5.56 Å². The number of aromatic hydroxyl groups is 2. The van der Waals surface area contributed by atoms with Crippen molar-refractivity contribution in [1.82, 2.24) is 5.32 Å². The molecule has 6 heteroatoms. The minimum Gasteiger partial charge on any atom is -0.508 e. The van der Waals surface area contributed by atoms with Crippen LogP contribution in [-0.2, 0) is 4.79 Å². The molecule has 0 aromatic heterocycles. The smallest absolute Gasteiger partial charge is 0.244 e. The number of phenols is 2. The molecule has 2 rings (SSSR count). The second-order valence-corrected chi connectivity index (χ2v) is 5.33. The fourth-order valence-corrected chi connectivity index (χ4v) is 2.15. The molecule has 0 saturated heterocycles. The molecule has 2 aromatic rings. The number of ether oxygens (including phenoxy) is 1. The molecular weight excluding hydrogens is 320 g/mol. The number of rotatable bonds is 6. The number of hydrogen-bond acceptors (Lipinski definition) is 5. The van der Waals surface area contributed by atoms with E-state index in [1.807, 2.05) is 13.0 Å². The van der Waals surface area contributed by atoms with Gasteiger partial charge < -0.3 is 20.3 Å². The Morgan fingerprint density at radius 3 is 2.64 bits per heavy atom. The van der Waals surface area contributed by atoms with Crippen molar-refractivity contribution in [3.05, 3.63) is 59.7 Å². The average molecular weight is 338 g/mol. The number of phenolic OH excluding ortho intramolecular Hbond substituents is 2. The van der Waals surface area contributed by atoms with Gasteiger partial charge >= 0.3 is 0 Å². The largest absolute Gasteiger partial charge is 0.508 e. The number of nitriles is 1. The molecule has 0 bridgehead atoms. The third-order valence-electron chi connectivity index (χ3n) is 3.45. The lowest BCUT2D eigenvalue weighted by molar-refractivity contribution is -0.117. The molecule has 1 amide bonds. The molecule has 2 aromatic carbocycles. The number of carbonyl (C=O) groups is 1. The van der Waals surface area contributed by atoms with Gasteiger partial charge in [-0.15, -0.1) is 0 Å². The van der Waals surface area contributed by atoms with Crippen LogP contribution in [0, 0.1) is 11.3 Å². The molecule has 0 radical (unpaired) electrons. The Morgan fingerprint density at radius 2 is 2.00 bits per heavy atom. The number of carbonyl (C=O) groups excluding carboxylic acids is 1. The van der Waals surface area contributed by atoms with E-state index >= 15 is 0 Å². The van der Waals surface area contributed by atoms with Gasteiger partial charge in [-0.25, -0.2) is 0 Å². The maximum atomic E-state index is 12.0. The fourth-order valence-electron chi connectivity index (χ4n) is 2.15. The van der Waals surface area contributed by atoms with Crippen molar-refractivity contribution in [3.8, 4) is 23.3 Å². The van der Waals surface area contributed by atoms with Gasteiger partial charge in [0, 0.05) is 6.08 Å². The molecule has 0 fully saturated rings. The highest BCUT2D eigenvalue weighted by atomic mass is 16.5. The standard InChI is InChI=1S/C19H18N2O4/c1-13(15-4-6-16(22)7-5-15)21-19(24)9-3-14-2-8-18(17(23)12-14)25-11-10-20/h2-9,12-13,22-23H,11H2,1H3,(H,21,24)/b9-3+. The third kappa shape index (κ3) is 5.29. The highest BCUT2D eigenvalue weighted by Gasteiger charge is 2.08. The van der Waals surface area contributed by atoms with Crippen molar-refractivity contribution in [1.29, 1.82) is 5.26 Å². The lowest BCUT2D eigenvalue weighted by Crippen LogP contribution is -2.24. The van der Waals surface area contributed by atoms with E-state index in [4.69, 9.17) is 10.00 Å². The quantitative estimate of drug-likeness (QED) is 0.703. The van der Waals surface area contributed by atoms with Crippen molar-refractivity contribution >= 4 is 12.0 Å². The van der Waals surface area contributed by atoms with Crippen LogP contribution in [0.25, 0.3) is 6.08 Å². The van der Waals surface area contributed by atoms with Crippen molar-refractivity contribution in [2.45, 2.75) is 13.0 Å². The Bertz CT molecular complexity index is 807. The van der Waals surface area contributed by atoms with Crippen LogP contribution in [0.3, 0.4) is 0 Å². The third-order valence-corrected chi connectivity index (χ3v) is 3.45. The zero-order valence-corrected chi connectivity index (χ0v) is 13.6. The molecule has 0 aliphatic carbocycles. The minimum absolute atomic E-state index is 0.102. The molecular formula is C19H18N2O4. The summed E-state index contributed by atoms with van der Waals surface area (Å²) in [6.07, 6.45) is 2.92. The number of nitrogens with zero attached hydrogens (tertiary/aromatic N) is 1. The molecule has 1 unspecified atom stereocenters. The van der Waals surface area contributed by atoms with E-state index in [1.165, 1.54) is 18.2 Å². The molecule has 3 N–H and O–H groups in total. The van der Waals surface area contributed by atoms with Gasteiger partial charge in [-0.2, -0.15) is 5.26 Å². The Hall–Kier alpha value is -3.46. The van der Waals surface area contributed by atoms with Crippen molar-refractivity contribution in [3.63, 3.8) is 0 Å². The Balaban J connectivity index is 1.96. The van der Waals surface area contributed by atoms with Gasteiger partial charge in [-0.05, 0) is 48.4 Å². The summed E-state index contributed by atoms with van der Waals surface area (Å²) in [6, 6.07) is 12.8. The average Bonchev–Trinajstić information content (AvgIpc) is 2.59. The molecule has 0 aliphatic heterocycles. The first-order chi connectivity index (χ1) is 12.0. The minimum atomic E-state index is -0.287. The maximum Gasteiger partial charge on any atom is 0.244 e. The van der Waals surface area contributed by atoms with Crippen LogP contribution in [0.15, 0.2) is 48.5 Å². The molecule has 0 spiro atoms. The summed E-state index contributed by atoms with van der Waals surface area (Å²) < 4.78 is 5.04. The number of nitrogens with one attached hydrogen (secondary N) is 1. The first kappa shape index (κ1) is 17.9. The van der Waals surface area contributed by atoms with Crippen LogP contribution in [0.5, 0.6) is 17.2 Å². The fraction of sp³-hybridized carbons (Fsp3) is 0.158. The molecule has 128 valence electrons. The van der Waals surface area contributed by atoms with E-state index in [0.29, 0.717) is 5.56 Å².